The van der Waals surface area contributed by atoms with Crippen LogP contribution in [0, 0.1) is 0 Å². The predicted molar refractivity (Wildman–Crippen MR) is 49.5 cm³/mol. The second-order valence-corrected chi connectivity index (χ2v) is 2.86. The summed E-state index contributed by atoms with van der Waals surface area (Å²) in [6, 6.07) is 0. The van der Waals surface area contributed by atoms with Gasteiger partial charge in [0.25, 0.3) is 0 Å². The first kappa shape index (κ1) is 9.42. The van der Waals surface area contributed by atoms with Gasteiger partial charge in [0.2, 0.25) is 0 Å². The Morgan fingerprint density at radius 3 is 2.67 bits per heavy atom. The van der Waals surface area contributed by atoms with Crippen molar-refractivity contribution >= 4 is 12.4 Å². The molecule has 0 saturated carbocycles. The van der Waals surface area contributed by atoms with Gasteiger partial charge in [0, 0.05) is 24.9 Å². The Kier molecular flexibility index (Phi) is 3.44. The standard InChI is InChI=1S/C8H11N3.ClH/c1-2-9-3-7(1)8-4-10-6-11-5-8;/h4-7,9H,1-3H2;1H. The Balaban J connectivity index is 0.000000720. The topological polar surface area (TPSA) is 37.8 Å². The first-order chi connectivity index (χ1) is 5.47. The molecule has 1 aromatic heterocycles. The van der Waals surface area contributed by atoms with Crippen LogP contribution in [-0.4, -0.2) is 23.1 Å². The van der Waals surface area contributed by atoms with E-state index >= 15 is 0 Å². The minimum Gasteiger partial charge on any atom is -0.316 e. The molecule has 0 radical (unpaired) electrons. The molecular weight excluding hydrogens is 174 g/mol. The third-order valence-corrected chi connectivity index (χ3v) is 2.11. The van der Waals surface area contributed by atoms with Crippen LogP contribution in [0.5, 0.6) is 0 Å². The number of rotatable bonds is 1. The van der Waals surface area contributed by atoms with E-state index in [-0.39, 0.29) is 12.4 Å². The lowest BCUT2D eigenvalue weighted by molar-refractivity contribution is 0.752. The molecule has 1 aliphatic rings. The summed E-state index contributed by atoms with van der Waals surface area (Å²) in [5, 5.41) is 3.32. The summed E-state index contributed by atoms with van der Waals surface area (Å²) in [6.45, 7) is 2.20. The zero-order valence-corrected chi connectivity index (χ0v) is 7.55. The maximum atomic E-state index is 3.99. The van der Waals surface area contributed by atoms with Gasteiger partial charge in [0.05, 0.1) is 0 Å². The normalized spacial score (nSPS) is 21.8. The van der Waals surface area contributed by atoms with Gasteiger partial charge in [0.1, 0.15) is 6.33 Å². The van der Waals surface area contributed by atoms with Crippen LogP contribution in [0.15, 0.2) is 18.7 Å². The zero-order valence-electron chi connectivity index (χ0n) is 6.73. The Morgan fingerprint density at radius 1 is 1.33 bits per heavy atom. The van der Waals surface area contributed by atoms with Crippen molar-refractivity contribution in [2.45, 2.75) is 12.3 Å². The maximum Gasteiger partial charge on any atom is 0.115 e. The van der Waals surface area contributed by atoms with E-state index in [1.165, 1.54) is 12.0 Å². The average Bonchev–Trinajstić information content (AvgIpc) is 2.58. The van der Waals surface area contributed by atoms with Crippen molar-refractivity contribution in [1.29, 1.82) is 0 Å². The van der Waals surface area contributed by atoms with E-state index in [1.54, 1.807) is 6.33 Å². The molecule has 1 aromatic rings. The Hall–Kier alpha value is -0.670. The van der Waals surface area contributed by atoms with Gasteiger partial charge in [-0.3, -0.25) is 0 Å². The molecule has 1 atom stereocenters. The average molecular weight is 186 g/mol. The number of nitrogens with zero attached hydrogens (tertiary/aromatic N) is 2. The van der Waals surface area contributed by atoms with Gasteiger partial charge in [-0.15, -0.1) is 12.4 Å². The first-order valence-corrected chi connectivity index (χ1v) is 3.92. The molecule has 0 bridgehead atoms. The largest absolute Gasteiger partial charge is 0.316 e. The third-order valence-electron chi connectivity index (χ3n) is 2.11. The third kappa shape index (κ3) is 1.93. The number of hydrogen-bond acceptors (Lipinski definition) is 3. The molecule has 1 N–H and O–H groups in total. The van der Waals surface area contributed by atoms with Gasteiger partial charge in [-0.2, -0.15) is 0 Å². The number of aromatic nitrogens is 2. The fourth-order valence-electron chi connectivity index (χ4n) is 1.46. The van der Waals surface area contributed by atoms with Crippen LogP contribution in [0.2, 0.25) is 0 Å². The van der Waals surface area contributed by atoms with Crippen LogP contribution >= 0.6 is 12.4 Å². The van der Waals surface area contributed by atoms with E-state index in [0.29, 0.717) is 5.92 Å². The number of hydrogen-bond donors (Lipinski definition) is 1. The molecule has 4 heteroatoms. The van der Waals surface area contributed by atoms with Gasteiger partial charge in [-0.05, 0) is 18.5 Å². The summed E-state index contributed by atoms with van der Waals surface area (Å²) in [7, 11) is 0. The molecule has 1 fully saturated rings. The number of nitrogens with one attached hydrogen (secondary N) is 1. The van der Waals surface area contributed by atoms with E-state index in [9.17, 15) is 0 Å². The second kappa shape index (κ2) is 4.38. The molecule has 2 heterocycles. The molecule has 0 aliphatic carbocycles. The smallest absolute Gasteiger partial charge is 0.115 e. The van der Waals surface area contributed by atoms with Gasteiger partial charge >= 0.3 is 0 Å². The fraction of sp³-hybridized carbons (Fsp3) is 0.500. The Labute approximate surface area is 78.0 Å². The molecule has 1 saturated heterocycles. The van der Waals surface area contributed by atoms with Crippen molar-refractivity contribution < 1.29 is 0 Å². The molecule has 0 spiro atoms. The highest BCUT2D eigenvalue weighted by Gasteiger charge is 2.16. The van der Waals surface area contributed by atoms with Crippen LogP contribution in [0.25, 0.3) is 0 Å². The van der Waals surface area contributed by atoms with Crippen molar-refractivity contribution in [3.63, 3.8) is 0 Å². The molecule has 1 aliphatic heterocycles. The highest BCUT2D eigenvalue weighted by molar-refractivity contribution is 5.85. The van der Waals surface area contributed by atoms with E-state index in [2.05, 4.69) is 15.3 Å². The van der Waals surface area contributed by atoms with Crippen molar-refractivity contribution in [3.05, 3.63) is 24.3 Å². The van der Waals surface area contributed by atoms with Crippen molar-refractivity contribution in [2.75, 3.05) is 13.1 Å². The maximum absolute atomic E-state index is 3.99. The van der Waals surface area contributed by atoms with Crippen molar-refractivity contribution in [1.82, 2.24) is 15.3 Å². The molecule has 2 rings (SSSR count). The van der Waals surface area contributed by atoms with Crippen molar-refractivity contribution in [2.24, 2.45) is 0 Å². The molecule has 3 nitrogen and oxygen atoms in total. The minimum absolute atomic E-state index is 0. The van der Waals surface area contributed by atoms with Gasteiger partial charge in [-0.25, -0.2) is 9.97 Å². The lowest BCUT2D eigenvalue weighted by Gasteiger charge is -2.05. The highest BCUT2D eigenvalue weighted by atomic mass is 35.5. The highest BCUT2D eigenvalue weighted by Crippen LogP contribution is 2.19. The Morgan fingerprint density at radius 2 is 2.08 bits per heavy atom. The van der Waals surface area contributed by atoms with Crippen LogP contribution in [0.1, 0.15) is 17.9 Å². The van der Waals surface area contributed by atoms with Crippen LogP contribution in [0.4, 0.5) is 0 Å². The summed E-state index contributed by atoms with van der Waals surface area (Å²) in [5.74, 6) is 0.635. The van der Waals surface area contributed by atoms with E-state index in [4.69, 9.17) is 0 Å². The summed E-state index contributed by atoms with van der Waals surface area (Å²) in [6.07, 6.45) is 6.61. The predicted octanol–water partition coefficient (Wildman–Crippen LogP) is 0.975. The minimum atomic E-state index is 0. The zero-order chi connectivity index (χ0) is 7.52. The van der Waals surface area contributed by atoms with E-state index < -0.39 is 0 Å². The second-order valence-electron chi connectivity index (χ2n) is 2.86. The summed E-state index contributed by atoms with van der Waals surface area (Å²) >= 11 is 0. The van der Waals surface area contributed by atoms with Crippen molar-refractivity contribution in [3.8, 4) is 0 Å². The van der Waals surface area contributed by atoms with Gasteiger partial charge in [0.15, 0.2) is 0 Å². The van der Waals surface area contributed by atoms with E-state index in [1.807, 2.05) is 12.4 Å². The fourth-order valence-corrected chi connectivity index (χ4v) is 1.46. The lowest BCUT2D eigenvalue weighted by atomic mass is 10.0. The van der Waals surface area contributed by atoms with Crippen LogP contribution in [0.3, 0.4) is 0 Å². The molecule has 66 valence electrons. The Bertz CT molecular complexity index is 221. The summed E-state index contributed by atoms with van der Waals surface area (Å²) in [4.78, 5) is 7.98. The van der Waals surface area contributed by atoms with Gasteiger partial charge in [-0.1, -0.05) is 0 Å². The molecule has 0 amide bonds. The SMILES string of the molecule is Cl.c1ncc(C2CCNC2)cn1. The molecule has 12 heavy (non-hydrogen) atoms. The summed E-state index contributed by atoms with van der Waals surface area (Å²) < 4.78 is 0. The van der Waals surface area contributed by atoms with Gasteiger partial charge < -0.3 is 5.32 Å². The van der Waals surface area contributed by atoms with Crippen LogP contribution < -0.4 is 5.32 Å². The molecular formula is C8H12ClN3. The molecule has 1 unspecified atom stereocenters. The monoisotopic (exact) mass is 185 g/mol. The number of halogens is 1. The lowest BCUT2D eigenvalue weighted by Crippen LogP contribution is -2.08. The van der Waals surface area contributed by atoms with E-state index in [0.717, 1.165) is 13.1 Å². The first-order valence-electron chi connectivity index (χ1n) is 3.92. The van der Waals surface area contributed by atoms with Crippen LogP contribution in [-0.2, 0) is 0 Å². The quantitative estimate of drug-likeness (QED) is 0.709. The molecule has 0 aromatic carbocycles. The summed E-state index contributed by atoms with van der Waals surface area (Å²) in [5.41, 5.74) is 1.26.